The topological polar surface area (TPSA) is 57.2 Å². The van der Waals surface area contributed by atoms with E-state index in [1.54, 1.807) is 35.9 Å². The molecular formula is C14H15BrN2O2. The van der Waals surface area contributed by atoms with Crippen molar-refractivity contribution < 1.29 is 4.74 Å². The number of aromatic nitrogens is 1. The van der Waals surface area contributed by atoms with Crippen molar-refractivity contribution in [3.05, 3.63) is 56.9 Å². The summed E-state index contributed by atoms with van der Waals surface area (Å²) in [6, 6.07) is 8.99. The van der Waals surface area contributed by atoms with Crippen LogP contribution in [-0.4, -0.2) is 11.2 Å². The number of aryl methyl sites for hydroxylation is 1. The lowest BCUT2D eigenvalue weighted by Gasteiger charge is -2.09. The molecular weight excluding hydrogens is 308 g/mol. The molecule has 1 heterocycles. The first kappa shape index (κ1) is 13.7. The molecule has 0 fully saturated rings. The highest BCUT2D eigenvalue weighted by Gasteiger charge is 2.02. The second-order valence-electron chi connectivity index (χ2n) is 4.26. The maximum atomic E-state index is 11.9. The number of rotatable bonds is 4. The molecule has 5 heteroatoms. The Labute approximate surface area is 119 Å². The van der Waals surface area contributed by atoms with Crippen molar-refractivity contribution in [2.45, 2.75) is 13.5 Å². The number of nitrogens with two attached hydrogens (primary N) is 1. The van der Waals surface area contributed by atoms with E-state index in [-0.39, 0.29) is 5.56 Å². The molecule has 2 aromatic rings. The Balaban J connectivity index is 2.00. The van der Waals surface area contributed by atoms with Gasteiger partial charge in [-0.1, -0.05) is 0 Å². The molecule has 4 nitrogen and oxygen atoms in total. The van der Waals surface area contributed by atoms with Gasteiger partial charge in [0.15, 0.2) is 0 Å². The number of nitrogen functional groups attached to an aromatic ring is 1. The minimum absolute atomic E-state index is 0.00380. The van der Waals surface area contributed by atoms with Crippen molar-refractivity contribution in [1.29, 1.82) is 0 Å². The van der Waals surface area contributed by atoms with Gasteiger partial charge in [0.05, 0.1) is 6.54 Å². The van der Waals surface area contributed by atoms with E-state index >= 15 is 0 Å². The maximum absolute atomic E-state index is 11.9. The van der Waals surface area contributed by atoms with Gasteiger partial charge in [-0.15, -0.1) is 0 Å². The van der Waals surface area contributed by atoms with Crippen LogP contribution >= 0.6 is 15.9 Å². The standard InChI is InChI=1S/C14H15BrN2O2/c1-10-8-11(15)9-17(14(10)18)6-7-19-13-4-2-12(16)3-5-13/h2-5,8-9H,6-7,16H2,1H3. The second-order valence-corrected chi connectivity index (χ2v) is 5.17. The molecule has 0 atom stereocenters. The SMILES string of the molecule is Cc1cc(Br)cn(CCOc2ccc(N)cc2)c1=O. The van der Waals surface area contributed by atoms with Crippen LogP contribution < -0.4 is 16.0 Å². The van der Waals surface area contributed by atoms with Crippen LogP contribution in [0.3, 0.4) is 0 Å². The van der Waals surface area contributed by atoms with Gasteiger partial charge >= 0.3 is 0 Å². The molecule has 0 bridgehead atoms. The van der Waals surface area contributed by atoms with Gasteiger partial charge in [0.2, 0.25) is 0 Å². The molecule has 0 saturated carbocycles. The Bertz CT molecular complexity index is 620. The highest BCUT2D eigenvalue weighted by molar-refractivity contribution is 9.10. The average molecular weight is 323 g/mol. The van der Waals surface area contributed by atoms with Gasteiger partial charge in [-0.2, -0.15) is 0 Å². The zero-order valence-electron chi connectivity index (χ0n) is 10.6. The fourth-order valence-electron chi connectivity index (χ4n) is 1.73. The van der Waals surface area contributed by atoms with Gasteiger partial charge in [0.1, 0.15) is 12.4 Å². The van der Waals surface area contributed by atoms with Gasteiger partial charge in [-0.3, -0.25) is 4.79 Å². The van der Waals surface area contributed by atoms with Crippen molar-refractivity contribution >= 4 is 21.6 Å². The van der Waals surface area contributed by atoms with Crippen LogP contribution in [0.5, 0.6) is 5.75 Å². The zero-order chi connectivity index (χ0) is 13.8. The molecule has 0 spiro atoms. The Morgan fingerprint density at radius 2 is 2.00 bits per heavy atom. The minimum Gasteiger partial charge on any atom is -0.492 e. The van der Waals surface area contributed by atoms with E-state index in [1.807, 2.05) is 12.1 Å². The number of halogens is 1. The zero-order valence-corrected chi connectivity index (χ0v) is 12.2. The highest BCUT2D eigenvalue weighted by Crippen LogP contribution is 2.13. The second kappa shape index (κ2) is 5.93. The molecule has 1 aromatic heterocycles. The maximum Gasteiger partial charge on any atom is 0.253 e. The lowest BCUT2D eigenvalue weighted by Crippen LogP contribution is -2.24. The number of hydrogen-bond acceptors (Lipinski definition) is 3. The number of anilines is 1. The lowest BCUT2D eigenvalue weighted by molar-refractivity contribution is 0.296. The van der Waals surface area contributed by atoms with Crippen molar-refractivity contribution in [3.8, 4) is 5.75 Å². The van der Waals surface area contributed by atoms with Crippen LogP contribution in [0.15, 0.2) is 45.8 Å². The summed E-state index contributed by atoms with van der Waals surface area (Å²) in [5.41, 5.74) is 7.01. The van der Waals surface area contributed by atoms with Crippen molar-refractivity contribution in [3.63, 3.8) is 0 Å². The molecule has 1 aromatic carbocycles. The molecule has 0 amide bonds. The predicted molar refractivity (Wildman–Crippen MR) is 79.5 cm³/mol. The summed E-state index contributed by atoms with van der Waals surface area (Å²) in [6.07, 6.45) is 1.77. The van der Waals surface area contributed by atoms with Crippen LogP contribution in [-0.2, 0) is 6.54 Å². The first-order valence-electron chi connectivity index (χ1n) is 5.91. The predicted octanol–water partition coefficient (Wildman–Crippen LogP) is 2.58. The van der Waals surface area contributed by atoms with E-state index in [0.29, 0.717) is 24.4 Å². The van der Waals surface area contributed by atoms with E-state index < -0.39 is 0 Å². The summed E-state index contributed by atoms with van der Waals surface area (Å²) in [4.78, 5) is 11.9. The lowest BCUT2D eigenvalue weighted by atomic mass is 10.3. The molecule has 2 N–H and O–H groups in total. The summed E-state index contributed by atoms with van der Waals surface area (Å²) in [5, 5.41) is 0. The van der Waals surface area contributed by atoms with Crippen molar-refractivity contribution in [2.75, 3.05) is 12.3 Å². The Morgan fingerprint density at radius 3 is 2.68 bits per heavy atom. The normalized spacial score (nSPS) is 10.4. The smallest absolute Gasteiger partial charge is 0.253 e. The van der Waals surface area contributed by atoms with Crippen LogP contribution in [0.2, 0.25) is 0 Å². The molecule has 0 radical (unpaired) electrons. The van der Waals surface area contributed by atoms with Crippen LogP contribution in [0.4, 0.5) is 5.69 Å². The van der Waals surface area contributed by atoms with Gasteiger partial charge in [0, 0.05) is 21.9 Å². The van der Waals surface area contributed by atoms with Gasteiger partial charge in [-0.05, 0) is 53.2 Å². The number of benzene rings is 1. The van der Waals surface area contributed by atoms with Crippen LogP contribution in [0.25, 0.3) is 0 Å². The molecule has 19 heavy (non-hydrogen) atoms. The molecule has 0 unspecified atom stereocenters. The Hall–Kier alpha value is -1.75. The summed E-state index contributed by atoms with van der Waals surface area (Å²) in [7, 11) is 0. The fourth-order valence-corrected chi connectivity index (χ4v) is 2.32. The molecule has 0 aliphatic carbocycles. The molecule has 0 aliphatic heterocycles. The van der Waals surface area contributed by atoms with Crippen LogP contribution in [0, 0.1) is 6.92 Å². The van der Waals surface area contributed by atoms with Crippen molar-refractivity contribution in [1.82, 2.24) is 4.57 Å². The average Bonchev–Trinajstić information content (AvgIpc) is 2.37. The highest BCUT2D eigenvalue weighted by atomic mass is 79.9. The van der Waals surface area contributed by atoms with E-state index in [9.17, 15) is 4.79 Å². The molecule has 0 saturated heterocycles. The van der Waals surface area contributed by atoms with Crippen LogP contribution in [0.1, 0.15) is 5.56 Å². The molecule has 100 valence electrons. The summed E-state index contributed by atoms with van der Waals surface area (Å²) in [6.45, 7) is 2.73. The van der Waals surface area contributed by atoms with Gasteiger partial charge in [-0.25, -0.2) is 0 Å². The van der Waals surface area contributed by atoms with E-state index in [1.165, 1.54) is 0 Å². The number of nitrogens with zero attached hydrogens (tertiary/aromatic N) is 1. The van der Waals surface area contributed by atoms with Gasteiger partial charge in [0.25, 0.3) is 5.56 Å². The quantitative estimate of drug-likeness (QED) is 0.880. The Morgan fingerprint density at radius 1 is 1.32 bits per heavy atom. The largest absolute Gasteiger partial charge is 0.492 e. The third-order valence-electron chi connectivity index (χ3n) is 2.71. The molecule has 2 rings (SSSR count). The number of pyridine rings is 1. The van der Waals surface area contributed by atoms with E-state index in [0.717, 1.165) is 10.2 Å². The summed E-state index contributed by atoms with van der Waals surface area (Å²) < 4.78 is 8.09. The van der Waals surface area contributed by atoms with Gasteiger partial charge < -0.3 is 15.0 Å². The van der Waals surface area contributed by atoms with E-state index in [4.69, 9.17) is 10.5 Å². The molecule has 0 aliphatic rings. The monoisotopic (exact) mass is 322 g/mol. The Kier molecular flexibility index (Phi) is 4.27. The fraction of sp³-hybridized carbons (Fsp3) is 0.214. The summed E-state index contributed by atoms with van der Waals surface area (Å²) >= 11 is 3.38. The third-order valence-corrected chi connectivity index (χ3v) is 3.15. The first-order valence-corrected chi connectivity index (χ1v) is 6.70. The summed E-state index contributed by atoms with van der Waals surface area (Å²) in [5.74, 6) is 0.744. The number of ether oxygens (including phenoxy) is 1. The minimum atomic E-state index is 0.00380. The number of hydrogen-bond donors (Lipinski definition) is 1. The van der Waals surface area contributed by atoms with E-state index in [2.05, 4.69) is 15.9 Å². The third kappa shape index (κ3) is 3.61. The first-order chi connectivity index (χ1) is 9.06. The van der Waals surface area contributed by atoms with Crippen molar-refractivity contribution in [2.24, 2.45) is 0 Å².